The summed E-state index contributed by atoms with van der Waals surface area (Å²) in [7, 11) is 3.25. The van der Waals surface area contributed by atoms with Crippen molar-refractivity contribution in [3.05, 3.63) is 23.3 Å². The molecule has 0 aliphatic carbocycles. The molecule has 14 heavy (non-hydrogen) atoms. The first-order chi connectivity index (χ1) is 6.72. The van der Waals surface area contributed by atoms with Crippen molar-refractivity contribution >= 4 is 0 Å². The molecule has 0 bridgehead atoms. The SMILES string of the molecule is COc1cc(CCO)c(C)c(OC)c1. The van der Waals surface area contributed by atoms with E-state index < -0.39 is 0 Å². The summed E-state index contributed by atoms with van der Waals surface area (Å²) in [5, 5.41) is 8.89. The molecule has 78 valence electrons. The minimum absolute atomic E-state index is 0.136. The predicted molar refractivity (Wildman–Crippen MR) is 55.1 cm³/mol. The summed E-state index contributed by atoms with van der Waals surface area (Å²) in [6, 6.07) is 3.77. The molecule has 0 saturated carbocycles. The van der Waals surface area contributed by atoms with Crippen LogP contribution in [0, 0.1) is 6.92 Å². The molecule has 1 N–H and O–H groups in total. The molecule has 3 heteroatoms. The fourth-order valence-electron chi connectivity index (χ4n) is 1.43. The van der Waals surface area contributed by atoms with E-state index in [-0.39, 0.29) is 6.61 Å². The van der Waals surface area contributed by atoms with Crippen LogP contribution < -0.4 is 9.47 Å². The Hall–Kier alpha value is -1.22. The highest BCUT2D eigenvalue weighted by Gasteiger charge is 2.07. The van der Waals surface area contributed by atoms with Crippen LogP contribution in [0.4, 0.5) is 0 Å². The van der Waals surface area contributed by atoms with Crippen molar-refractivity contribution < 1.29 is 14.6 Å². The molecule has 1 rings (SSSR count). The average molecular weight is 196 g/mol. The molecule has 0 aliphatic rings. The number of hydrogen-bond donors (Lipinski definition) is 1. The fraction of sp³-hybridized carbons (Fsp3) is 0.455. The van der Waals surface area contributed by atoms with E-state index in [0.29, 0.717) is 6.42 Å². The molecule has 0 aromatic heterocycles. The number of aliphatic hydroxyl groups is 1. The number of benzene rings is 1. The van der Waals surface area contributed by atoms with Gasteiger partial charge in [0.25, 0.3) is 0 Å². The quantitative estimate of drug-likeness (QED) is 0.794. The Morgan fingerprint density at radius 2 is 1.93 bits per heavy atom. The molecular weight excluding hydrogens is 180 g/mol. The van der Waals surface area contributed by atoms with Crippen LogP contribution in [-0.4, -0.2) is 25.9 Å². The van der Waals surface area contributed by atoms with E-state index in [9.17, 15) is 0 Å². The molecule has 0 unspecified atom stereocenters. The molecule has 0 atom stereocenters. The van der Waals surface area contributed by atoms with Crippen LogP contribution in [0.2, 0.25) is 0 Å². The van der Waals surface area contributed by atoms with Gasteiger partial charge in [-0.05, 0) is 30.5 Å². The maximum absolute atomic E-state index is 8.89. The minimum Gasteiger partial charge on any atom is -0.497 e. The molecular formula is C11H16O3. The van der Waals surface area contributed by atoms with Crippen LogP contribution in [0.25, 0.3) is 0 Å². The third kappa shape index (κ3) is 2.17. The van der Waals surface area contributed by atoms with Gasteiger partial charge in [-0.15, -0.1) is 0 Å². The zero-order chi connectivity index (χ0) is 10.6. The number of ether oxygens (including phenoxy) is 2. The maximum Gasteiger partial charge on any atom is 0.125 e. The first-order valence-electron chi connectivity index (χ1n) is 4.55. The molecule has 0 amide bonds. The van der Waals surface area contributed by atoms with Crippen molar-refractivity contribution in [1.29, 1.82) is 0 Å². The lowest BCUT2D eigenvalue weighted by atomic mass is 10.0. The van der Waals surface area contributed by atoms with E-state index >= 15 is 0 Å². The lowest BCUT2D eigenvalue weighted by Crippen LogP contribution is -1.98. The van der Waals surface area contributed by atoms with Crippen molar-refractivity contribution in [2.45, 2.75) is 13.3 Å². The Labute approximate surface area is 84.3 Å². The van der Waals surface area contributed by atoms with Crippen LogP contribution in [0.15, 0.2) is 12.1 Å². The molecule has 1 aromatic carbocycles. The topological polar surface area (TPSA) is 38.7 Å². The minimum atomic E-state index is 0.136. The summed E-state index contributed by atoms with van der Waals surface area (Å²) in [5.41, 5.74) is 2.12. The van der Waals surface area contributed by atoms with Gasteiger partial charge in [-0.3, -0.25) is 0 Å². The summed E-state index contributed by atoms with van der Waals surface area (Å²) in [4.78, 5) is 0. The van der Waals surface area contributed by atoms with Gasteiger partial charge < -0.3 is 14.6 Å². The lowest BCUT2D eigenvalue weighted by Gasteiger charge is -2.12. The van der Waals surface area contributed by atoms with Gasteiger partial charge in [0.2, 0.25) is 0 Å². The maximum atomic E-state index is 8.89. The zero-order valence-electron chi connectivity index (χ0n) is 8.83. The Bertz CT molecular complexity index is 308. The van der Waals surface area contributed by atoms with Crippen LogP contribution >= 0.6 is 0 Å². The Balaban J connectivity index is 3.12. The Morgan fingerprint density at radius 1 is 1.21 bits per heavy atom. The average Bonchev–Trinajstić information content (AvgIpc) is 2.21. The van der Waals surface area contributed by atoms with Crippen LogP contribution in [0.1, 0.15) is 11.1 Å². The zero-order valence-corrected chi connectivity index (χ0v) is 8.83. The summed E-state index contributed by atoms with van der Waals surface area (Å²) in [6.07, 6.45) is 0.624. The van der Waals surface area contributed by atoms with Crippen molar-refractivity contribution in [1.82, 2.24) is 0 Å². The molecule has 1 aromatic rings. The van der Waals surface area contributed by atoms with Crippen molar-refractivity contribution in [2.75, 3.05) is 20.8 Å². The Kier molecular flexibility index (Phi) is 3.77. The molecule has 3 nitrogen and oxygen atoms in total. The molecule has 0 aliphatic heterocycles. The van der Waals surface area contributed by atoms with Gasteiger partial charge in [-0.1, -0.05) is 0 Å². The Morgan fingerprint density at radius 3 is 2.43 bits per heavy atom. The van der Waals surface area contributed by atoms with Gasteiger partial charge in [0, 0.05) is 12.7 Å². The second-order valence-corrected chi connectivity index (χ2v) is 3.09. The lowest BCUT2D eigenvalue weighted by molar-refractivity contribution is 0.298. The van der Waals surface area contributed by atoms with E-state index in [1.54, 1.807) is 14.2 Å². The van der Waals surface area contributed by atoms with Crippen LogP contribution in [-0.2, 0) is 6.42 Å². The molecule has 0 fully saturated rings. The largest absolute Gasteiger partial charge is 0.497 e. The summed E-state index contributed by atoms with van der Waals surface area (Å²) in [6.45, 7) is 2.11. The number of methoxy groups -OCH3 is 2. The number of aliphatic hydroxyl groups excluding tert-OH is 1. The second kappa shape index (κ2) is 4.86. The van der Waals surface area contributed by atoms with Crippen molar-refractivity contribution in [3.8, 4) is 11.5 Å². The van der Waals surface area contributed by atoms with Gasteiger partial charge in [-0.2, -0.15) is 0 Å². The summed E-state index contributed by atoms with van der Waals surface area (Å²) >= 11 is 0. The van der Waals surface area contributed by atoms with E-state index in [2.05, 4.69) is 0 Å². The third-order valence-electron chi connectivity index (χ3n) is 2.28. The third-order valence-corrected chi connectivity index (χ3v) is 2.28. The van der Waals surface area contributed by atoms with E-state index in [4.69, 9.17) is 14.6 Å². The predicted octanol–water partition coefficient (Wildman–Crippen LogP) is 1.55. The smallest absolute Gasteiger partial charge is 0.125 e. The van der Waals surface area contributed by atoms with E-state index in [1.807, 2.05) is 19.1 Å². The van der Waals surface area contributed by atoms with E-state index in [1.165, 1.54) is 0 Å². The van der Waals surface area contributed by atoms with Crippen LogP contribution in [0.5, 0.6) is 11.5 Å². The molecule has 0 radical (unpaired) electrons. The summed E-state index contributed by atoms with van der Waals surface area (Å²) < 4.78 is 10.3. The normalized spacial score (nSPS) is 10.0. The number of hydrogen-bond acceptors (Lipinski definition) is 3. The van der Waals surface area contributed by atoms with Gasteiger partial charge in [0.15, 0.2) is 0 Å². The van der Waals surface area contributed by atoms with Crippen molar-refractivity contribution in [2.24, 2.45) is 0 Å². The summed E-state index contributed by atoms with van der Waals surface area (Å²) in [5.74, 6) is 1.56. The fourth-order valence-corrected chi connectivity index (χ4v) is 1.43. The molecule has 0 saturated heterocycles. The monoisotopic (exact) mass is 196 g/mol. The van der Waals surface area contributed by atoms with Gasteiger partial charge in [0.1, 0.15) is 11.5 Å². The molecule has 0 heterocycles. The van der Waals surface area contributed by atoms with Crippen LogP contribution in [0.3, 0.4) is 0 Å². The van der Waals surface area contributed by atoms with Gasteiger partial charge in [0.05, 0.1) is 14.2 Å². The van der Waals surface area contributed by atoms with Crippen molar-refractivity contribution in [3.63, 3.8) is 0 Å². The van der Waals surface area contributed by atoms with Gasteiger partial charge in [-0.25, -0.2) is 0 Å². The van der Waals surface area contributed by atoms with E-state index in [0.717, 1.165) is 22.6 Å². The second-order valence-electron chi connectivity index (χ2n) is 3.09. The number of rotatable bonds is 4. The standard InChI is InChI=1S/C11H16O3/c1-8-9(4-5-12)6-10(13-2)7-11(8)14-3/h6-7,12H,4-5H2,1-3H3. The first-order valence-corrected chi connectivity index (χ1v) is 4.55. The highest BCUT2D eigenvalue weighted by atomic mass is 16.5. The highest BCUT2D eigenvalue weighted by Crippen LogP contribution is 2.28. The van der Waals surface area contributed by atoms with Gasteiger partial charge >= 0.3 is 0 Å². The molecule has 0 spiro atoms. The first kappa shape index (κ1) is 10.9. The highest BCUT2D eigenvalue weighted by molar-refractivity contribution is 5.45.